The number of fused-ring (bicyclic) bond motifs is 1. The van der Waals surface area contributed by atoms with Crippen molar-refractivity contribution in [2.24, 2.45) is 0 Å². The zero-order valence-electron chi connectivity index (χ0n) is 18.3. The number of ether oxygens (including phenoxy) is 1. The molecule has 1 amide bonds. The van der Waals surface area contributed by atoms with Gasteiger partial charge in [0.05, 0.1) is 24.1 Å². The van der Waals surface area contributed by atoms with E-state index >= 15 is 0 Å². The fourth-order valence-electron chi connectivity index (χ4n) is 3.39. The van der Waals surface area contributed by atoms with E-state index in [1.807, 2.05) is 40.2 Å². The van der Waals surface area contributed by atoms with Crippen molar-refractivity contribution in [1.29, 1.82) is 0 Å². The van der Waals surface area contributed by atoms with Crippen LogP contribution in [-0.2, 0) is 21.2 Å². The highest BCUT2D eigenvalue weighted by atomic mass is 32.2. The number of benzene rings is 2. The van der Waals surface area contributed by atoms with Crippen LogP contribution in [0, 0.1) is 0 Å². The number of nitrogens with one attached hydrogen (secondary N) is 2. The average molecular weight is 526 g/mol. The van der Waals surface area contributed by atoms with E-state index in [0.717, 1.165) is 27.7 Å². The summed E-state index contributed by atoms with van der Waals surface area (Å²) in [5, 5.41) is 6.69. The van der Waals surface area contributed by atoms with Gasteiger partial charge in [0.1, 0.15) is 5.75 Å². The molecule has 0 fully saturated rings. The van der Waals surface area contributed by atoms with Crippen LogP contribution in [0.1, 0.15) is 5.69 Å². The number of sulfonamides is 1. The lowest BCUT2D eigenvalue weighted by molar-refractivity contribution is -0.115. The lowest BCUT2D eigenvalue weighted by Crippen LogP contribution is -2.16. The van der Waals surface area contributed by atoms with E-state index in [0.29, 0.717) is 10.8 Å². The number of imidazole rings is 1. The van der Waals surface area contributed by atoms with Gasteiger partial charge in [0, 0.05) is 40.1 Å². The maximum absolute atomic E-state index is 12.7. The minimum absolute atomic E-state index is 0.0784. The molecule has 5 aromatic rings. The third-order valence-corrected chi connectivity index (χ3v) is 8.17. The molecule has 0 unspecified atom stereocenters. The quantitative estimate of drug-likeness (QED) is 0.308. The Bertz CT molecular complexity index is 1570. The number of hydrogen-bond acceptors (Lipinski definition) is 8. The van der Waals surface area contributed by atoms with Gasteiger partial charge in [0.25, 0.3) is 10.0 Å². The Morgan fingerprint density at radius 3 is 2.54 bits per heavy atom. The molecule has 0 spiro atoms. The molecule has 2 N–H and O–H groups in total. The van der Waals surface area contributed by atoms with Gasteiger partial charge in [-0.3, -0.25) is 13.9 Å². The highest BCUT2D eigenvalue weighted by molar-refractivity contribution is 7.93. The largest absolute Gasteiger partial charge is 0.497 e. The summed E-state index contributed by atoms with van der Waals surface area (Å²) < 4.78 is 34.4. The molecule has 0 aliphatic carbocycles. The number of rotatable bonds is 8. The Hall–Kier alpha value is -3.74. The molecule has 0 bridgehead atoms. The zero-order chi connectivity index (χ0) is 24.4. The van der Waals surface area contributed by atoms with E-state index in [1.165, 1.54) is 41.0 Å². The number of anilines is 2. The third-order valence-electron chi connectivity index (χ3n) is 5.11. The van der Waals surface area contributed by atoms with Crippen molar-refractivity contribution in [3.05, 3.63) is 77.4 Å². The normalized spacial score (nSPS) is 11.5. The van der Waals surface area contributed by atoms with E-state index in [-0.39, 0.29) is 17.2 Å². The van der Waals surface area contributed by atoms with E-state index in [9.17, 15) is 13.2 Å². The van der Waals surface area contributed by atoms with E-state index in [2.05, 4.69) is 20.0 Å². The Balaban J connectivity index is 1.26. The molecule has 5 rings (SSSR count). The molecule has 3 aromatic heterocycles. The Kier molecular flexibility index (Phi) is 6.24. The van der Waals surface area contributed by atoms with Crippen molar-refractivity contribution in [2.75, 3.05) is 17.1 Å². The number of nitrogens with zero attached hydrogens (tertiary/aromatic N) is 3. The molecule has 0 atom stereocenters. The van der Waals surface area contributed by atoms with Crippen LogP contribution in [0.15, 0.2) is 76.6 Å². The van der Waals surface area contributed by atoms with E-state index in [1.54, 1.807) is 24.6 Å². The predicted molar refractivity (Wildman–Crippen MR) is 137 cm³/mol. The van der Waals surface area contributed by atoms with Gasteiger partial charge in [-0.2, -0.15) is 0 Å². The second-order valence-electron chi connectivity index (χ2n) is 7.43. The molecule has 0 saturated carbocycles. The Morgan fingerprint density at radius 1 is 1.09 bits per heavy atom. The molecule has 0 aliphatic heterocycles. The SMILES string of the molecule is COc1ccc(-c2cn3c(CC(=O)Nc4ccc(S(=O)(=O)Nc5nccs5)cc4)csc3n2)cc1. The Labute approximate surface area is 209 Å². The standard InChI is InChI=1S/C23H19N5O4S3/c1-32-18-6-2-15(3-7-18)20-13-28-17(14-34-23(28)26-20)12-21(29)25-16-4-8-19(9-5-16)35(30,31)27-22-24-10-11-33-22/h2-11,13-14H,12H2,1H3,(H,24,27)(H,25,29). The molecule has 9 nitrogen and oxygen atoms in total. The van der Waals surface area contributed by atoms with Crippen LogP contribution in [0.3, 0.4) is 0 Å². The van der Waals surface area contributed by atoms with E-state index < -0.39 is 10.0 Å². The number of carbonyl (C=O) groups is 1. The molecule has 0 radical (unpaired) electrons. The topological polar surface area (TPSA) is 115 Å². The van der Waals surface area contributed by atoms with Gasteiger partial charge < -0.3 is 10.1 Å². The summed E-state index contributed by atoms with van der Waals surface area (Å²) in [6.45, 7) is 0. The second kappa shape index (κ2) is 9.49. The summed E-state index contributed by atoms with van der Waals surface area (Å²) in [5.41, 5.74) is 3.07. The fraction of sp³-hybridized carbons (Fsp3) is 0.0870. The average Bonchev–Trinajstić information content (AvgIpc) is 3.59. The van der Waals surface area contributed by atoms with Gasteiger partial charge in [-0.15, -0.1) is 22.7 Å². The first-order valence-corrected chi connectivity index (χ1v) is 13.6. The van der Waals surface area contributed by atoms with Gasteiger partial charge >= 0.3 is 0 Å². The van der Waals surface area contributed by atoms with Gasteiger partial charge in [-0.1, -0.05) is 0 Å². The predicted octanol–water partition coefficient (Wildman–Crippen LogP) is 4.51. The molecule has 35 heavy (non-hydrogen) atoms. The molecule has 0 saturated heterocycles. The maximum atomic E-state index is 12.7. The van der Waals surface area contributed by atoms with Gasteiger partial charge in [-0.25, -0.2) is 18.4 Å². The lowest BCUT2D eigenvalue weighted by Gasteiger charge is -2.08. The molecular weight excluding hydrogens is 506 g/mol. The first-order chi connectivity index (χ1) is 16.9. The first-order valence-electron chi connectivity index (χ1n) is 10.3. The number of carbonyl (C=O) groups excluding carboxylic acids is 1. The summed E-state index contributed by atoms with van der Waals surface area (Å²) in [5.74, 6) is 0.550. The number of methoxy groups -OCH3 is 1. The highest BCUT2D eigenvalue weighted by Gasteiger charge is 2.16. The fourth-order valence-corrected chi connectivity index (χ4v) is 6.05. The van der Waals surface area contributed by atoms with Crippen LogP contribution >= 0.6 is 22.7 Å². The number of hydrogen-bond donors (Lipinski definition) is 2. The Morgan fingerprint density at radius 2 is 1.86 bits per heavy atom. The summed E-state index contributed by atoms with van der Waals surface area (Å²) in [7, 11) is -2.13. The smallest absolute Gasteiger partial charge is 0.263 e. The summed E-state index contributed by atoms with van der Waals surface area (Å²) in [6, 6.07) is 13.6. The van der Waals surface area contributed by atoms with Gasteiger partial charge in [-0.05, 0) is 48.5 Å². The van der Waals surface area contributed by atoms with Crippen LogP contribution < -0.4 is 14.8 Å². The van der Waals surface area contributed by atoms with Crippen molar-refractivity contribution in [3.8, 4) is 17.0 Å². The summed E-state index contributed by atoms with van der Waals surface area (Å²) in [6.07, 6.45) is 3.57. The van der Waals surface area contributed by atoms with Gasteiger partial charge in [0.2, 0.25) is 5.91 Å². The maximum Gasteiger partial charge on any atom is 0.263 e. The van der Waals surface area contributed by atoms with Crippen molar-refractivity contribution in [3.63, 3.8) is 0 Å². The van der Waals surface area contributed by atoms with Crippen LogP contribution in [0.4, 0.5) is 10.8 Å². The number of aromatic nitrogens is 3. The van der Waals surface area contributed by atoms with Crippen LogP contribution in [0.2, 0.25) is 0 Å². The van der Waals surface area contributed by atoms with Crippen LogP contribution in [0.25, 0.3) is 16.2 Å². The molecule has 3 heterocycles. The molecule has 2 aromatic carbocycles. The third kappa shape index (κ3) is 5.04. The minimum atomic E-state index is -3.75. The lowest BCUT2D eigenvalue weighted by atomic mass is 10.2. The van der Waals surface area contributed by atoms with Crippen molar-refractivity contribution in [2.45, 2.75) is 11.3 Å². The van der Waals surface area contributed by atoms with Gasteiger partial charge in [0.15, 0.2) is 10.1 Å². The van der Waals surface area contributed by atoms with Crippen molar-refractivity contribution in [1.82, 2.24) is 14.4 Å². The minimum Gasteiger partial charge on any atom is -0.497 e. The molecular formula is C23H19N5O4S3. The van der Waals surface area contributed by atoms with E-state index in [4.69, 9.17) is 4.74 Å². The van der Waals surface area contributed by atoms with Crippen molar-refractivity contribution >= 4 is 54.4 Å². The first kappa shape index (κ1) is 23.0. The van der Waals surface area contributed by atoms with Crippen molar-refractivity contribution < 1.29 is 17.9 Å². The molecule has 0 aliphatic rings. The van der Waals surface area contributed by atoms with Crippen LogP contribution in [0.5, 0.6) is 5.75 Å². The monoisotopic (exact) mass is 525 g/mol. The number of amides is 1. The second-order valence-corrected chi connectivity index (χ2v) is 10.8. The highest BCUT2D eigenvalue weighted by Crippen LogP contribution is 2.26. The molecule has 178 valence electrons. The number of thiazole rings is 2. The summed E-state index contributed by atoms with van der Waals surface area (Å²) >= 11 is 2.65. The summed E-state index contributed by atoms with van der Waals surface area (Å²) in [4.78, 5) is 22.1. The zero-order valence-corrected chi connectivity index (χ0v) is 20.8. The van der Waals surface area contributed by atoms with Crippen LogP contribution in [-0.4, -0.2) is 35.8 Å². The molecule has 12 heteroatoms.